The molecule has 0 aliphatic heterocycles. The summed E-state index contributed by atoms with van der Waals surface area (Å²) in [6.45, 7) is 1.79. The van der Waals surface area contributed by atoms with Gasteiger partial charge in [-0.2, -0.15) is 5.26 Å². The lowest BCUT2D eigenvalue weighted by Crippen LogP contribution is -2.08. The lowest BCUT2D eigenvalue weighted by molar-refractivity contribution is 0.622. The van der Waals surface area contributed by atoms with Gasteiger partial charge in [0.25, 0.3) is 0 Å². The quantitative estimate of drug-likeness (QED) is 0.893. The minimum atomic E-state index is -0.591. The van der Waals surface area contributed by atoms with E-state index < -0.39 is 11.6 Å². The molecule has 102 valence electrons. The van der Waals surface area contributed by atoms with Crippen LogP contribution in [0.25, 0.3) is 0 Å². The van der Waals surface area contributed by atoms with Gasteiger partial charge in [-0.1, -0.05) is 23.7 Å². The average Bonchev–Trinajstić information content (AvgIpc) is 2.42. The number of nitrogens with one attached hydrogen (secondary N) is 1. The Kier molecular flexibility index (Phi) is 4.21. The van der Waals surface area contributed by atoms with Crippen LogP contribution in [0.15, 0.2) is 36.4 Å². The molecule has 2 rings (SSSR count). The third-order valence-electron chi connectivity index (χ3n) is 2.94. The summed E-state index contributed by atoms with van der Waals surface area (Å²) in [7, 11) is 0. The molecule has 0 saturated heterocycles. The second kappa shape index (κ2) is 5.89. The molecule has 5 heteroatoms. The largest absolute Gasteiger partial charge is 0.377 e. The molecule has 1 unspecified atom stereocenters. The number of benzene rings is 2. The molecule has 2 aromatic carbocycles. The van der Waals surface area contributed by atoms with E-state index in [-0.39, 0.29) is 16.6 Å². The number of rotatable bonds is 3. The highest BCUT2D eigenvalue weighted by Crippen LogP contribution is 2.25. The van der Waals surface area contributed by atoms with Crippen molar-refractivity contribution in [2.45, 2.75) is 13.0 Å². The van der Waals surface area contributed by atoms with Gasteiger partial charge in [-0.3, -0.25) is 0 Å². The van der Waals surface area contributed by atoms with E-state index in [1.807, 2.05) is 6.07 Å². The molecule has 0 bridgehead atoms. The van der Waals surface area contributed by atoms with Gasteiger partial charge in [0.05, 0.1) is 10.7 Å². The number of nitrogens with zero attached hydrogens (tertiary/aromatic N) is 1. The second-order valence-electron chi connectivity index (χ2n) is 4.31. The zero-order chi connectivity index (χ0) is 14.7. The molecular formula is C15H11ClF2N2. The summed E-state index contributed by atoms with van der Waals surface area (Å²) in [6.07, 6.45) is 0. The van der Waals surface area contributed by atoms with Crippen molar-refractivity contribution in [3.05, 3.63) is 64.2 Å². The van der Waals surface area contributed by atoms with Crippen LogP contribution in [0, 0.1) is 23.0 Å². The maximum Gasteiger partial charge on any atom is 0.143 e. The van der Waals surface area contributed by atoms with Crippen LogP contribution >= 0.6 is 11.6 Å². The molecule has 2 nitrogen and oxygen atoms in total. The molecule has 1 atom stereocenters. The minimum Gasteiger partial charge on any atom is -0.377 e. The van der Waals surface area contributed by atoms with Crippen molar-refractivity contribution in [3.8, 4) is 6.07 Å². The number of hydrogen-bond donors (Lipinski definition) is 1. The third-order valence-corrected chi connectivity index (χ3v) is 3.25. The summed E-state index contributed by atoms with van der Waals surface area (Å²) in [5, 5.41) is 12.0. The average molecular weight is 293 g/mol. The van der Waals surface area contributed by atoms with Crippen molar-refractivity contribution < 1.29 is 8.78 Å². The number of nitriles is 1. The molecule has 2 aromatic rings. The zero-order valence-corrected chi connectivity index (χ0v) is 11.4. The van der Waals surface area contributed by atoms with Crippen molar-refractivity contribution in [2.75, 3.05) is 5.32 Å². The first-order valence-electron chi connectivity index (χ1n) is 5.93. The number of hydrogen-bond acceptors (Lipinski definition) is 2. The predicted molar refractivity (Wildman–Crippen MR) is 74.6 cm³/mol. The van der Waals surface area contributed by atoms with Crippen molar-refractivity contribution >= 4 is 17.3 Å². The van der Waals surface area contributed by atoms with Crippen molar-refractivity contribution in [1.29, 1.82) is 5.26 Å². The fourth-order valence-electron chi connectivity index (χ4n) is 1.86. The molecule has 0 spiro atoms. The van der Waals surface area contributed by atoms with E-state index in [1.54, 1.807) is 19.1 Å². The Labute approximate surface area is 120 Å². The normalized spacial score (nSPS) is 11.8. The highest BCUT2D eigenvalue weighted by Gasteiger charge is 2.12. The molecule has 1 N–H and O–H groups in total. The lowest BCUT2D eigenvalue weighted by atomic mass is 10.1. The highest BCUT2D eigenvalue weighted by atomic mass is 35.5. The monoisotopic (exact) mass is 292 g/mol. The summed E-state index contributed by atoms with van der Waals surface area (Å²) < 4.78 is 26.9. The standard InChI is InChI=1S/C15H11ClF2N2/c1-9(10-5-6-12(16)14(18)7-10)20-15-4-2-3-13(17)11(15)8-19/h2-7,9,20H,1H3. The molecule has 0 aromatic heterocycles. The van der Waals surface area contributed by atoms with Gasteiger partial charge in [-0.05, 0) is 36.8 Å². The van der Waals surface area contributed by atoms with Crippen molar-refractivity contribution in [3.63, 3.8) is 0 Å². The minimum absolute atomic E-state index is 0.0458. The second-order valence-corrected chi connectivity index (χ2v) is 4.72. The summed E-state index contributed by atoms with van der Waals surface area (Å²) in [4.78, 5) is 0. The first-order chi connectivity index (χ1) is 9.52. The smallest absolute Gasteiger partial charge is 0.143 e. The van der Waals surface area contributed by atoms with Gasteiger partial charge in [0.1, 0.15) is 23.3 Å². The van der Waals surface area contributed by atoms with Gasteiger partial charge < -0.3 is 5.32 Å². The Balaban J connectivity index is 2.28. The van der Waals surface area contributed by atoms with E-state index in [9.17, 15) is 8.78 Å². The molecule has 0 aliphatic rings. The lowest BCUT2D eigenvalue weighted by Gasteiger charge is -2.17. The molecule has 0 aliphatic carbocycles. The van der Waals surface area contributed by atoms with Crippen LogP contribution in [0.3, 0.4) is 0 Å². The Morgan fingerprint density at radius 1 is 1.20 bits per heavy atom. The summed E-state index contributed by atoms with van der Waals surface area (Å²) >= 11 is 5.63. The molecule has 0 heterocycles. The predicted octanol–water partition coefficient (Wildman–Crippen LogP) is 4.66. The van der Waals surface area contributed by atoms with Crippen LogP contribution in [-0.2, 0) is 0 Å². The SMILES string of the molecule is CC(Nc1cccc(F)c1C#N)c1ccc(Cl)c(F)c1. The van der Waals surface area contributed by atoms with E-state index >= 15 is 0 Å². The van der Waals surface area contributed by atoms with Gasteiger partial charge in [-0.25, -0.2) is 8.78 Å². The summed E-state index contributed by atoms with van der Waals surface area (Å²) in [5.74, 6) is -1.11. The molecular weight excluding hydrogens is 282 g/mol. The van der Waals surface area contributed by atoms with Crippen LogP contribution in [0.4, 0.5) is 14.5 Å². The topological polar surface area (TPSA) is 35.8 Å². The highest BCUT2D eigenvalue weighted by molar-refractivity contribution is 6.30. The number of anilines is 1. The van der Waals surface area contributed by atoms with E-state index in [0.29, 0.717) is 11.3 Å². The first-order valence-corrected chi connectivity index (χ1v) is 6.31. The Morgan fingerprint density at radius 2 is 1.95 bits per heavy atom. The van der Waals surface area contributed by atoms with Crippen molar-refractivity contribution in [1.82, 2.24) is 0 Å². The van der Waals surface area contributed by atoms with Gasteiger partial charge in [0.2, 0.25) is 0 Å². The Morgan fingerprint density at radius 3 is 2.60 bits per heavy atom. The van der Waals surface area contributed by atoms with Gasteiger partial charge in [0, 0.05) is 6.04 Å². The van der Waals surface area contributed by atoms with Gasteiger partial charge >= 0.3 is 0 Å². The van der Waals surface area contributed by atoms with Gasteiger partial charge in [0.15, 0.2) is 0 Å². The third kappa shape index (κ3) is 2.89. The van der Waals surface area contributed by atoms with E-state index in [0.717, 1.165) is 0 Å². The molecule has 0 radical (unpaired) electrons. The first kappa shape index (κ1) is 14.3. The van der Waals surface area contributed by atoms with Crippen LogP contribution < -0.4 is 5.32 Å². The molecule has 0 fully saturated rings. The zero-order valence-electron chi connectivity index (χ0n) is 10.6. The molecule has 20 heavy (non-hydrogen) atoms. The fraction of sp³-hybridized carbons (Fsp3) is 0.133. The molecule has 0 saturated carbocycles. The molecule has 0 amide bonds. The van der Waals surface area contributed by atoms with E-state index in [1.165, 1.54) is 24.3 Å². The Bertz CT molecular complexity index is 680. The van der Waals surface area contributed by atoms with Crippen LogP contribution in [0.1, 0.15) is 24.1 Å². The summed E-state index contributed by atoms with van der Waals surface area (Å²) in [6, 6.07) is 10.3. The number of halogens is 3. The van der Waals surface area contributed by atoms with E-state index in [2.05, 4.69) is 5.32 Å². The van der Waals surface area contributed by atoms with Crippen molar-refractivity contribution in [2.24, 2.45) is 0 Å². The van der Waals surface area contributed by atoms with Crippen LogP contribution in [-0.4, -0.2) is 0 Å². The van der Waals surface area contributed by atoms with Crippen LogP contribution in [0.5, 0.6) is 0 Å². The summed E-state index contributed by atoms with van der Waals surface area (Å²) in [5.41, 5.74) is 0.962. The maximum atomic E-state index is 13.5. The van der Waals surface area contributed by atoms with Crippen LogP contribution in [0.2, 0.25) is 5.02 Å². The Hall–Kier alpha value is -2.12. The van der Waals surface area contributed by atoms with E-state index in [4.69, 9.17) is 16.9 Å². The fourth-order valence-corrected chi connectivity index (χ4v) is 1.97. The maximum absolute atomic E-state index is 13.5. The van der Waals surface area contributed by atoms with Gasteiger partial charge in [-0.15, -0.1) is 0 Å².